The van der Waals surface area contributed by atoms with E-state index in [1.807, 2.05) is 70.2 Å². The third-order valence-corrected chi connectivity index (χ3v) is 4.70. The minimum atomic E-state index is -0.588. The molecule has 1 amide bonds. The number of hydrogen-bond donors (Lipinski definition) is 2. The maximum absolute atomic E-state index is 12.2. The van der Waals surface area contributed by atoms with E-state index in [1.54, 1.807) is 11.2 Å². The summed E-state index contributed by atoms with van der Waals surface area (Å²) in [6.45, 7) is 8.12. The van der Waals surface area contributed by atoms with E-state index in [0.717, 1.165) is 16.8 Å². The lowest BCUT2D eigenvalue weighted by molar-refractivity contribution is 0.0213. The number of amides is 1. The third kappa shape index (κ3) is 7.73. The van der Waals surface area contributed by atoms with Crippen molar-refractivity contribution in [1.82, 2.24) is 15.4 Å². The Morgan fingerprint density at radius 3 is 2.46 bits per heavy atom. The molecule has 0 radical (unpaired) electrons. The van der Waals surface area contributed by atoms with Crippen molar-refractivity contribution in [2.45, 2.75) is 49.9 Å². The van der Waals surface area contributed by atoms with E-state index in [9.17, 15) is 9.90 Å². The average Bonchev–Trinajstić information content (AvgIpc) is 2.61. The molecule has 0 aliphatic rings. The molecule has 7 heteroatoms. The van der Waals surface area contributed by atoms with Crippen LogP contribution in [0, 0.1) is 0 Å². The van der Waals surface area contributed by atoms with Gasteiger partial charge in [0.2, 0.25) is 0 Å². The maximum atomic E-state index is 12.2. The van der Waals surface area contributed by atoms with E-state index >= 15 is 0 Å². The lowest BCUT2D eigenvalue weighted by Gasteiger charge is -2.28. The topological polar surface area (TPSA) is 74.7 Å². The van der Waals surface area contributed by atoms with Gasteiger partial charge in [0, 0.05) is 28.8 Å². The SMILES string of the molecule is CC(I)[C@@H](O)CN(Cc1ccc(-c2ccccn2)cc1)NC(=O)OC(C)(C)C. The lowest BCUT2D eigenvalue weighted by atomic mass is 10.1. The molecule has 2 N–H and O–H groups in total. The van der Waals surface area contributed by atoms with Gasteiger partial charge in [0.05, 0.1) is 11.8 Å². The molecule has 1 unspecified atom stereocenters. The third-order valence-electron chi connectivity index (χ3n) is 3.87. The summed E-state index contributed by atoms with van der Waals surface area (Å²) in [5, 5.41) is 11.9. The van der Waals surface area contributed by atoms with Crippen LogP contribution >= 0.6 is 22.6 Å². The van der Waals surface area contributed by atoms with E-state index in [-0.39, 0.29) is 3.92 Å². The van der Waals surface area contributed by atoms with E-state index < -0.39 is 17.8 Å². The highest BCUT2D eigenvalue weighted by Gasteiger charge is 2.21. The van der Waals surface area contributed by atoms with Gasteiger partial charge < -0.3 is 9.84 Å². The average molecular weight is 497 g/mol. The standard InChI is InChI=1S/C21H28IN3O3/c1-15(22)19(26)14-25(24-20(27)28-21(2,3)4)13-16-8-10-17(11-9-16)18-7-5-6-12-23-18/h5-12,15,19,26H,13-14H2,1-4H3,(H,24,27)/t15?,19-/m0/s1. The van der Waals surface area contributed by atoms with Crippen LogP contribution in [-0.2, 0) is 11.3 Å². The highest BCUT2D eigenvalue weighted by Crippen LogP contribution is 2.18. The van der Waals surface area contributed by atoms with Crippen molar-refractivity contribution in [1.29, 1.82) is 0 Å². The lowest BCUT2D eigenvalue weighted by Crippen LogP contribution is -2.48. The number of carbonyl (C=O) groups excluding carboxylic acids is 1. The van der Waals surface area contributed by atoms with Gasteiger partial charge in [-0.3, -0.25) is 10.4 Å². The second kappa shape index (κ2) is 10.2. The van der Waals surface area contributed by atoms with Crippen molar-refractivity contribution in [2.24, 2.45) is 0 Å². The number of halogens is 1. The minimum Gasteiger partial charge on any atom is -0.443 e. The number of benzene rings is 1. The summed E-state index contributed by atoms with van der Waals surface area (Å²) in [5.41, 5.74) is 5.10. The Kier molecular flexibility index (Phi) is 8.21. The van der Waals surface area contributed by atoms with Crippen LogP contribution in [0.2, 0.25) is 0 Å². The van der Waals surface area contributed by atoms with E-state index in [1.165, 1.54) is 0 Å². The summed E-state index contributed by atoms with van der Waals surface area (Å²) >= 11 is 2.17. The summed E-state index contributed by atoms with van der Waals surface area (Å²) in [6, 6.07) is 13.8. The predicted molar refractivity (Wildman–Crippen MR) is 119 cm³/mol. The maximum Gasteiger partial charge on any atom is 0.422 e. The van der Waals surface area contributed by atoms with E-state index in [2.05, 4.69) is 33.0 Å². The second-order valence-electron chi connectivity index (χ2n) is 7.65. The predicted octanol–water partition coefficient (Wildman–Crippen LogP) is 4.17. The zero-order valence-electron chi connectivity index (χ0n) is 16.7. The van der Waals surface area contributed by atoms with Crippen molar-refractivity contribution in [2.75, 3.05) is 6.54 Å². The van der Waals surface area contributed by atoms with Crippen molar-refractivity contribution in [3.63, 3.8) is 0 Å². The Morgan fingerprint density at radius 1 is 1.25 bits per heavy atom. The summed E-state index contributed by atoms with van der Waals surface area (Å²) in [4.78, 5) is 16.5. The molecule has 2 aromatic rings. The number of hydrogen-bond acceptors (Lipinski definition) is 5. The molecular formula is C21H28IN3O3. The summed E-state index contributed by atoms with van der Waals surface area (Å²) in [5.74, 6) is 0. The normalized spacial score (nSPS) is 13.8. The number of nitrogens with one attached hydrogen (secondary N) is 1. The number of nitrogens with zero attached hydrogens (tertiary/aromatic N) is 2. The van der Waals surface area contributed by atoms with Gasteiger partial charge in [0.15, 0.2) is 0 Å². The molecule has 0 aliphatic heterocycles. The van der Waals surface area contributed by atoms with Crippen LogP contribution in [0.3, 0.4) is 0 Å². The zero-order valence-corrected chi connectivity index (χ0v) is 18.9. The van der Waals surface area contributed by atoms with Crippen molar-refractivity contribution in [3.8, 4) is 11.3 Å². The smallest absolute Gasteiger partial charge is 0.422 e. The fourth-order valence-electron chi connectivity index (χ4n) is 2.49. The van der Waals surface area contributed by atoms with Gasteiger partial charge in [0.25, 0.3) is 0 Å². The quantitative estimate of drug-likeness (QED) is 0.341. The summed E-state index contributed by atoms with van der Waals surface area (Å²) in [6.07, 6.45) is 0.650. The largest absolute Gasteiger partial charge is 0.443 e. The molecule has 2 rings (SSSR count). The van der Waals surface area contributed by atoms with Gasteiger partial charge in [-0.25, -0.2) is 9.80 Å². The van der Waals surface area contributed by atoms with Crippen LogP contribution in [0.5, 0.6) is 0 Å². The molecule has 0 aliphatic carbocycles. The van der Waals surface area contributed by atoms with Crippen molar-refractivity contribution in [3.05, 3.63) is 54.2 Å². The first kappa shape index (κ1) is 22.6. The molecule has 1 heterocycles. The van der Waals surface area contributed by atoms with Gasteiger partial charge >= 0.3 is 6.09 Å². The van der Waals surface area contributed by atoms with Crippen LogP contribution in [0.25, 0.3) is 11.3 Å². The zero-order chi connectivity index (χ0) is 20.7. The first-order chi connectivity index (χ1) is 13.1. The van der Waals surface area contributed by atoms with E-state index in [4.69, 9.17) is 4.74 Å². The Bertz CT molecular complexity index is 746. The number of alkyl halides is 1. The summed E-state index contributed by atoms with van der Waals surface area (Å²) < 4.78 is 5.39. The van der Waals surface area contributed by atoms with Crippen molar-refractivity contribution >= 4 is 28.7 Å². The molecule has 1 aromatic carbocycles. The van der Waals surface area contributed by atoms with Gasteiger partial charge in [-0.05, 0) is 38.5 Å². The van der Waals surface area contributed by atoms with Crippen LogP contribution in [0.15, 0.2) is 48.7 Å². The number of pyridine rings is 1. The van der Waals surface area contributed by atoms with E-state index in [0.29, 0.717) is 13.1 Å². The Morgan fingerprint density at radius 2 is 1.93 bits per heavy atom. The number of rotatable bonds is 7. The first-order valence-corrected chi connectivity index (χ1v) is 10.5. The Balaban J connectivity index is 2.09. The number of aliphatic hydroxyl groups is 1. The number of aliphatic hydroxyl groups excluding tert-OH is 1. The Labute approximate surface area is 180 Å². The van der Waals surface area contributed by atoms with Crippen molar-refractivity contribution < 1.29 is 14.6 Å². The van der Waals surface area contributed by atoms with Crippen LogP contribution in [0.1, 0.15) is 33.3 Å². The highest BCUT2D eigenvalue weighted by molar-refractivity contribution is 14.1. The van der Waals surface area contributed by atoms with Crippen LogP contribution < -0.4 is 5.43 Å². The van der Waals surface area contributed by atoms with Crippen LogP contribution in [0.4, 0.5) is 4.79 Å². The molecular weight excluding hydrogens is 469 g/mol. The van der Waals surface area contributed by atoms with Gasteiger partial charge in [-0.2, -0.15) is 0 Å². The number of ether oxygens (including phenoxy) is 1. The molecule has 6 nitrogen and oxygen atoms in total. The molecule has 0 bridgehead atoms. The van der Waals surface area contributed by atoms with Crippen LogP contribution in [-0.4, -0.2) is 43.4 Å². The second-order valence-corrected chi connectivity index (χ2v) is 9.62. The van der Waals surface area contributed by atoms with Gasteiger partial charge in [-0.1, -0.05) is 59.8 Å². The number of hydrazine groups is 1. The minimum absolute atomic E-state index is 0.0482. The molecule has 0 saturated heterocycles. The molecule has 2 atom stereocenters. The molecule has 0 saturated carbocycles. The summed E-state index contributed by atoms with van der Waals surface area (Å²) in [7, 11) is 0. The molecule has 28 heavy (non-hydrogen) atoms. The Hall–Kier alpha value is -1.71. The molecule has 0 fully saturated rings. The highest BCUT2D eigenvalue weighted by atomic mass is 127. The first-order valence-electron chi connectivity index (χ1n) is 9.21. The molecule has 1 aromatic heterocycles. The van der Waals surface area contributed by atoms with Gasteiger partial charge in [0.1, 0.15) is 5.60 Å². The monoisotopic (exact) mass is 497 g/mol. The molecule has 152 valence electrons. The number of aromatic nitrogens is 1. The fourth-order valence-corrected chi connectivity index (χ4v) is 2.71. The van der Waals surface area contributed by atoms with Gasteiger partial charge in [-0.15, -0.1) is 0 Å². The fraction of sp³-hybridized carbons (Fsp3) is 0.429. The number of carbonyl (C=O) groups is 1. The molecule has 0 spiro atoms.